The summed E-state index contributed by atoms with van der Waals surface area (Å²) in [5, 5.41) is 2.86. The molecule has 8 heteroatoms. The normalized spacial score (nSPS) is 14.1. The van der Waals surface area contributed by atoms with Crippen molar-refractivity contribution >= 4 is 40.0 Å². The maximum Gasteiger partial charge on any atom is 0.418 e. The Morgan fingerprint density at radius 1 is 0.811 bits per heavy atom. The summed E-state index contributed by atoms with van der Waals surface area (Å²) in [5.74, 6) is 0. The van der Waals surface area contributed by atoms with Gasteiger partial charge < -0.3 is 17.0 Å². The fraction of sp³-hybridized carbons (Fsp3) is 0.379. The summed E-state index contributed by atoms with van der Waals surface area (Å²) < 4.78 is 51.9. The van der Waals surface area contributed by atoms with Crippen LogP contribution in [0.5, 0.6) is 0 Å². The Hall–Kier alpha value is -2.27. The van der Waals surface area contributed by atoms with Crippen molar-refractivity contribution in [3.63, 3.8) is 0 Å². The van der Waals surface area contributed by atoms with E-state index in [4.69, 9.17) is 4.74 Å². The summed E-state index contributed by atoms with van der Waals surface area (Å²) in [7, 11) is -2.69. The van der Waals surface area contributed by atoms with Crippen molar-refractivity contribution in [2.75, 3.05) is 13.1 Å². The van der Waals surface area contributed by atoms with Crippen LogP contribution in [0.1, 0.15) is 47.1 Å². The van der Waals surface area contributed by atoms with Gasteiger partial charge in [0.15, 0.2) is 0 Å². The van der Waals surface area contributed by atoms with Crippen LogP contribution in [0, 0.1) is 0 Å². The molecule has 37 heavy (non-hydrogen) atoms. The number of halogens is 4. The van der Waals surface area contributed by atoms with Gasteiger partial charge in [-0.15, -0.1) is 0 Å². The van der Waals surface area contributed by atoms with E-state index in [0.717, 1.165) is 39.7 Å². The van der Waals surface area contributed by atoms with Gasteiger partial charge in [-0.3, -0.25) is 4.67 Å². The topological polar surface area (TPSA) is 20.5 Å². The fourth-order valence-electron chi connectivity index (χ4n) is 5.41. The molecular weight excluding hydrogens is 514 g/mol. The number of fused-ring (bicyclic) bond motifs is 3. The molecule has 4 rings (SSSR count). The average molecular weight is 549 g/mol. The maximum atomic E-state index is 14.0. The molecule has 0 radical (unpaired) electrons. The standard InChI is InChI=1S/C29H35F3N3P.ClH/c1-7-34(8-2)36(28(4,5)6,33-25-16-12-11-15-24(25)29(30,31)32)21-18-19-27-23(20-21)22-14-10-13-17-26(22)35(27)9-3;/h10-20H,7-9H2,1-6H3;1H/p-1. The summed E-state index contributed by atoms with van der Waals surface area (Å²) in [6.07, 6.45) is -4.48. The first-order chi connectivity index (χ1) is 17.0. The summed E-state index contributed by atoms with van der Waals surface area (Å²) in [6, 6.07) is 20.5. The Labute approximate surface area is 224 Å². The van der Waals surface area contributed by atoms with E-state index in [-0.39, 0.29) is 18.1 Å². The van der Waals surface area contributed by atoms with E-state index >= 15 is 0 Å². The zero-order valence-corrected chi connectivity index (χ0v) is 23.9. The third-order valence-corrected chi connectivity index (χ3v) is 11.7. The first-order valence-corrected chi connectivity index (χ1v) is 14.2. The SMILES string of the molecule is CCN(CC)P(=Nc1ccccc1C(F)(F)F)(c1ccc2c(c1)c1ccccc1n2CC)C(C)(C)C.[Cl-]. The number of hydrogen-bond donors (Lipinski definition) is 0. The lowest BCUT2D eigenvalue weighted by Crippen LogP contribution is -3.00. The molecule has 0 fully saturated rings. The number of aromatic nitrogens is 1. The highest BCUT2D eigenvalue weighted by Gasteiger charge is 2.42. The third kappa shape index (κ3) is 4.96. The lowest BCUT2D eigenvalue weighted by atomic mass is 10.1. The van der Waals surface area contributed by atoms with E-state index < -0.39 is 24.1 Å². The van der Waals surface area contributed by atoms with Crippen molar-refractivity contribution in [1.82, 2.24) is 9.24 Å². The number of alkyl halides is 3. The predicted octanol–water partition coefficient (Wildman–Crippen LogP) is 6.05. The van der Waals surface area contributed by atoms with Gasteiger partial charge in [-0.1, -0.05) is 65.0 Å². The van der Waals surface area contributed by atoms with E-state index in [9.17, 15) is 13.2 Å². The predicted molar refractivity (Wildman–Crippen MR) is 148 cm³/mol. The zero-order valence-electron chi connectivity index (χ0n) is 22.3. The number of rotatable bonds is 6. The molecule has 1 aromatic heterocycles. The number of para-hydroxylation sites is 1. The Morgan fingerprint density at radius 3 is 2.00 bits per heavy atom. The molecule has 1 atom stereocenters. The van der Waals surface area contributed by atoms with Gasteiger partial charge in [-0.05, 0) is 43.3 Å². The highest BCUT2D eigenvalue weighted by molar-refractivity contribution is 7.73. The highest BCUT2D eigenvalue weighted by atomic mass is 35.5. The fourth-order valence-corrected chi connectivity index (χ4v) is 9.80. The van der Waals surface area contributed by atoms with Crippen molar-refractivity contribution in [1.29, 1.82) is 0 Å². The van der Waals surface area contributed by atoms with Gasteiger partial charge in [0.1, 0.15) is 0 Å². The maximum absolute atomic E-state index is 14.0. The molecule has 200 valence electrons. The first-order valence-electron chi connectivity index (χ1n) is 12.5. The molecule has 0 N–H and O–H groups in total. The largest absolute Gasteiger partial charge is 1.00 e. The number of nitrogens with zero attached hydrogens (tertiary/aromatic N) is 3. The lowest BCUT2D eigenvalue weighted by molar-refractivity contribution is -0.137. The minimum Gasteiger partial charge on any atom is -1.00 e. The van der Waals surface area contributed by atoms with Crippen LogP contribution in [0.3, 0.4) is 0 Å². The van der Waals surface area contributed by atoms with Crippen LogP contribution < -0.4 is 17.7 Å². The van der Waals surface area contributed by atoms with E-state index in [2.05, 4.69) is 81.1 Å². The molecule has 0 saturated heterocycles. The van der Waals surface area contributed by atoms with Crippen LogP contribution in [-0.2, 0) is 12.7 Å². The molecule has 0 spiro atoms. The van der Waals surface area contributed by atoms with Gasteiger partial charge in [0.05, 0.1) is 18.5 Å². The van der Waals surface area contributed by atoms with Crippen LogP contribution in [0.25, 0.3) is 21.8 Å². The lowest BCUT2D eigenvalue weighted by Gasteiger charge is -2.45. The Morgan fingerprint density at radius 2 is 1.41 bits per heavy atom. The molecule has 0 aliphatic heterocycles. The summed E-state index contributed by atoms with van der Waals surface area (Å²) in [6.45, 7) is 14.8. The average Bonchev–Trinajstić information content (AvgIpc) is 3.16. The minimum atomic E-state index is -4.48. The van der Waals surface area contributed by atoms with Crippen molar-refractivity contribution in [2.24, 2.45) is 4.74 Å². The number of aryl methyl sites for hydroxylation is 1. The van der Waals surface area contributed by atoms with Gasteiger partial charge in [-0.25, -0.2) is 4.74 Å². The second-order valence-corrected chi connectivity index (χ2v) is 13.8. The van der Waals surface area contributed by atoms with Gasteiger partial charge in [-0.2, -0.15) is 13.2 Å². The summed E-state index contributed by atoms with van der Waals surface area (Å²) in [4.78, 5) is 0. The quantitative estimate of drug-likeness (QED) is 0.269. The molecule has 0 aliphatic carbocycles. The van der Waals surface area contributed by atoms with Crippen LogP contribution in [-0.4, -0.2) is 27.5 Å². The molecule has 3 nitrogen and oxygen atoms in total. The second-order valence-electron chi connectivity index (χ2n) is 9.99. The van der Waals surface area contributed by atoms with Gasteiger partial charge in [0.2, 0.25) is 0 Å². The van der Waals surface area contributed by atoms with Gasteiger partial charge in [0.25, 0.3) is 0 Å². The molecule has 1 heterocycles. The van der Waals surface area contributed by atoms with Crippen molar-refractivity contribution in [2.45, 2.75) is 59.4 Å². The molecule has 0 bridgehead atoms. The van der Waals surface area contributed by atoms with Crippen molar-refractivity contribution in [3.8, 4) is 0 Å². The third-order valence-electron chi connectivity index (χ3n) is 6.97. The Bertz CT molecular complexity index is 1450. The molecule has 1 unspecified atom stereocenters. The molecule has 0 aliphatic rings. The summed E-state index contributed by atoms with van der Waals surface area (Å²) in [5.41, 5.74) is 1.62. The molecule has 3 aromatic carbocycles. The van der Waals surface area contributed by atoms with E-state index in [1.54, 1.807) is 6.07 Å². The van der Waals surface area contributed by atoms with E-state index in [0.29, 0.717) is 13.1 Å². The Balaban J connectivity index is 0.00000380. The molecule has 4 aromatic rings. The van der Waals surface area contributed by atoms with Crippen molar-refractivity contribution < 1.29 is 25.6 Å². The Kier molecular flexibility index (Phi) is 8.58. The number of hydrogen-bond acceptors (Lipinski definition) is 1. The van der Waals surface area contributed by atoms with Gasteiger partial charge in [0, 0.05) is 51.9 Å². The zero-order chi connectivity index (χ0) is 26.3. The second kappa shape index (κ2) is 10.8. The monoisotopic (exact) mass is 548 g/mol. The number of benzene rings is 3. The molecule has 0 saturated carbocycles. The molecule has 0 amide bonds. The van der Waals surface area contributed by atoms with Crippen LogP contribution in [0.15, 0.2) is 71.5 Å². The first kappa shape index (κ1) is 29.3. The van der Waals surface area contributed by atoms with Crippen LogP contribution in [0.2, 0.25) is 0 Å². The minimum absolute atomic E-state index is 0. The summed E-state index contributed by atoms with van der Waals surface area (Å²) >= 11 is 0. The van der Waals surface area contributed by atoms with Crippen LogP contribution in [0.4, 0.5) is 18.9 Å². The van der Waals surface area contributed by atoms with Crippen molar-refractivity contribution in [3.05, 3.63) is 72.3 Å². The van der Waals surface area contributed by atoms with E-state index in [1.807, 2.05) is 12.1 Å². The van der Waals surface area contributed by atoms with Crippen LogP contribution >= 0.6 is 7.21 Å². The van der Waals surface area contributed by atoms with E-state index in [1.165, 1.54) is 12.1 Å². The smallest absolute Gasteiger partial charge is 0.418 e. The highest BCUT2D eigenvalue weighted by Crippen LogP contribution is 2.64. The molecular formula is C29H35ClF3N3P-. The van der Waals surface area contributed by atoms with Gasteiger partial charge >= 0.3 is 6.18 Å².